The fraction of sp³-hybridized carbons (Fsp3) is 0.333. The third kappa shape index (κ3) is 7.26. The normalized spacial score (nSPS) is 11.1. The number of nitrogens with one attached hydrogen (secondary N) is 2. The molecule has 0 fully saturated rings. The smallest absolute Gasteiger partial charge is 0.241 e. The first-order valence-electron chi connectivity index (χ1n) is 9.07. The Kier molecular flexibility index (Phi) is 8.27. The maximum Gasteiger partial charge on any atom is 0.241 e. The first-order chi connectivity index (χ1) is 13.5. The van der Waals surface area contributed by atoms with E-state index in [0.29, 0.717) is 25.5 Å². The first kappa shape index (κ1) is 21.2. The number of aliphatic imine (C=N–C) groups is 1. The van der Waals surface area contributed by atoms with Crippen molar-refractivity contribution in [3.63, 3.8) is 0 Å². The number of ether oxygens (including phenoxy) is 1. The summed E-state index contributed by atoms with van der Waals surface area (Å²) in [6.07, 6.45) is 0.641. The van der Waals surface area contributed by atoms with Gasteiger partial charge in [0.25, 0.3) is 0 Å². The molecule has 0 saturated heterocycles. The number of halogens is 1. The van der Waals surface area contributed by atoms with E-state index >= 15 is 0 Å². The average molecular weight is 386 g/mol. The van der Waals surface area contributed by atoms with Crippen LogP contribution in [0.5, 0.6) is 5.75 Å². The lowest BCUT2D eigenvalue weighted by atomic mass is 10.1. The molecular weight excluding hydrogens is 359 g/mol. The van der Waals surface area contributed by atoms with Crippen molar-refractivity contribution < 1.29 is 13.9 Å². The van der Waals surface area contributed by atoms with Crippen LogP contribution in [0.1, 0.15) is 11.1 Å². The summed E-state index contributed by atoms with van der Waals surface area (Å²) in [4.78, 5) is 17.9. The van der Waals surface area contributed by atoms with Gasteiger partial charge in [-0.1, -0.05) is 24.3 Å². The molecule has 0 aromatic heterocycles. The second-order valence-corrected chi connectivity index (χ2v) is 6.46. The van der Waals surface area contributed by atoms with E-state index in [1.807, 2.05) is 30.3 Å². The van der Waals surface area contributed by atoms with Gasteiger partial charge in [-0.3, -0.25) is 4.79 Å². The molecule has 28 heavy (non-hydrogen) atoms. The van der Waals surface area contributed by atoms with Gasteiger partial charge in [0.15, 0.2) is 5.96 Å². The molecule has 0 aliphatic rings. The zero-order valence-corrected chi connectivity index (χ0v) is 16.5. The van der Waals surface area contributed by atoms with Crippen LogP contribution < -0.4 is 15.4 Å². The van der Waals surface area contributed by atoms with Crippen LogP contribution >= 0.6 is 0 Å². The number of methoxy groups -OCH3 is 1. The minimum atomic E-state index is -0.249. The molecule has 0 unspecified atom stereocenters. The summed E-state index contributed by atoms with van der Waals surface area (Å²) < 4.78 is 18.4. The molecular formula is C21H27FN4O2. The zero-order chi connectivity index (χ0) is 20.4. The Morgan fingerprint density at radius 2 is 1.86 bits per heavy atom. The highest BCUT2D eigenvalue weighted by molar-refractivity contribution is 5.86. The third-order valence-electron chi connectivity index (χ3n) is 4.08. The number of nitrogens with zero attached hydrogens (tertiary/aromatic N) is 2. The summed E-state index contributed by atoms with van der Waals surface area (Å²) >= 11 is 0. The number of carbonyl (C=O) groups is 1. The van der Waals surface area contributed by atoms with Gasteiger partial charge in [-0.2, -0.15) is 0 Å². The number of rotatable bonds is 8. The van der Waals surface area contributed by atoms with E-state index in [0.717, 1.165) is 16.9 Å². The molecule has 0 radical (unpaired) electrons. The highest BCUT2D eigenvalue weighted by Gasteiger charge is 2.06. The van der Waals surface area contributed by atoms with E-state index in [-0.39, 0.29) is 18.3 Å². The van der Waals surface area contributed by atoms with Crippen LogP contribution in [-0.2, 0) is 17.8 Å². The van der Waals surface area contributed by atoms with E-state index in [2.05, 4.69) is 15.6 Å². The Morgan fingerprint density at radius 3 is 2.50 bits per heavy atom. The molecule has 6 nitrogen and oxygen atoms in total. The van der Waals surface area contributed by atoms with Crippen LogP contribution in [0.2, 0.25) is 0 Å². The lowest BCUT2D eigenvalue weighted by Gasteiger charge is -2.15. The van der Waals surface area contributed by atoms with Gasteiger partial charge in [0.1, 0.15) is 11.6 Å². The molecule has 0 aliphatic carbocycles. The van der Waals surface area contributed by atoms with Crippen molar-refractivity contribution in [2.75, 3.05) is 34.3 Å². The van der Waals surface area contributed by atoms with Gasteiger partial charge in [-0.05, 0) is 41.8 Å². The van der Waals surface area contributed by atoms with Crippen LogP contribution in [-0.4, -0.2) is 51.1 Å². The minimum Gasteiger partial charge on any atom is -0.497 e. The van der Waals surface area contributed by atoms with Crippen molar-refractivity contribution in [3.8, 4) is 5.75 Å². The van der Waals surface area contributed by atoms with Crippen molar-refractivity contribution in [2.45, 2.75) is 13.0 Å². The van der Waals surface area contributed by atoms with Crippen molar-refractivity contribution in [1.29, 1.82) is 0 Å². The van der Waals surface area contributed by atoms with E-state index in [1.54, 1.807) is 27.3 Å². The second kappa shape index (κ2) is 10.9. The summed E-state index contributed by atoms with van der Waals surface area (Å²) in [7, 11) is 5.03. The number of benzene rings is 2. The second-order valence-electron chi connectivity index (χ2n) is 6.46. The Balaban J connectivity index is 1.97. The van der Waals surface area contributed by atoms with Gasteiger partial charge < -0.3 is 20.3 Å². The van der Waals surface area contributed by atoms with Gasteiger partial charge >= 0.3 is 0 Å². The molecule has 2 rings (SSSR count). The maximum atomic E-state index is 13.3. The molecule has 0 saturated carbocycles. The fourth-order valence-corrected chi connectivity index (χ4v) is 2.41. The van der Waals surface area contributed by atoms with Gasteiger partial charge in [0.2, 0.25) is 5.91 Å². The lowest BCUT2D eigenvalue weighted by molar-refractivity contribution is -0.127. The predicted octanol–water partition coefficient (Wildman–Crippen LogP) is 2.20. The summed E-state index contributed by atoms with van der Waals surface area (Å²) in [5, 5.41) is 6.24. The van der Waals surface area contributed by atoms with Gasteiger partial charge in [0, 0.05) is 20.6 Å². The average Bonchev–Trinajstić information content (AvgIpc) is 2.69. The van der Waals surface area contributed by atoms with E-state index in [1.165, 1.54) is 17.0 Å². The van der Waals surface area contributed by atoms with Gasteiger partial charge in [0.05, 0.1) is 20.2 Å². The number of amides is 1. The van der Waals surface area contributed by atoms with Crippen molar-refractivity contribution in [1.82, 2.24) is 15.5 Å². The summed E-state index contributed by atoms with van der Waals surface area (Å²) in [6, 6.07) is 14.1. The fourth-order valence-electron chi connectivity index (χ4n) is 2.41. The molecule has 0 spiro atoms. The maximum absolute atomic E-state index is 13.3. The number of guanidine groups is 1. The molecule has 1 amide bonds. The van der Waals surface area contributed by atoms with E-state index < -0.39 is 0 Å². The first-order valence-corrected chi connectivity index (χ1v) is 9.07. The molecule has 150 valence electrons. The van der Waals surface area contributed by atoms with Gasteiger partial charge in [-0.25, -0.2) is 9.38 Å². The molecule has 2 N–H and O–H groups in total. The van der Waals surface area contributed by atoms with E-state index in [4.69, 9.17) is 4.74 Å². The Labute approximate surface area is 165 Å². The molecule has 7 heteroatoms. The number of carbonyl (C=O) groups excluding carboxylic acids is 1. The van der Waals surface area contributed by atoms with Crippen LogP contribution in [0.15, 0.2) is 53.5 Å². The monoisotopic (exact) mass is 386 g/mol. The minimum absolute atomic E-state index is 0.0518. The topological polar surface area (TPSA) is 66.0 Å². The Morgan fingerprint density at radius 1 is 1.11 bits per heavy atom. The Bertz CT molecular complexity index is 791. The molecule has 0 atom stereocenters. The lowest BCUT2D eigenvalue weighted by Crippen LogP contribution is -2.43. The van der Waals surface area contributed by atoms with Crippen LogP contribution in [0, 0.1) is 5.82 Å². The molecule has 0 heterocycles. The van der Waals surface area contributed by atoms with Crippen LogP contribution in [0.25, 0.3) is 0 Å². The number of likely N-dealkylation sites (N-methyl/N-ethyl adjacent to an activating group) is 1. The highest BCUT2D eigenvalue weighted by Crippen LogP contribution is 2.11. The summed E-state index contributed by atoms with van der Waals surface area (Å²) in [6.45, 7) is 1.16. The largest absolute Gasteiger partial charge is 0.497 e. The number of hydrogen-bond acceptors (Lipinski definition) is 3. The highest BCUT2D eigenvalue weighted by atomic mass is 19.1. The quantitative estimate of drug-likeness (QED) is 0.539. The predicted molar refractivity (Wildman–Crippen MR) is 109 cm³/mol. The van der Waals surface area contributed by atoms with Crippen molar-refractivity contribution in [3.05, 3.63) is 65.5 Å². The summed E-state index contributed by atoms with van der Waals surface area (Å²) in [5.74, 6) is 1.02. The van der Waals surface area contributed by atoms with Crippen molar-refractivity contribution in [2.24, 2.45) is 4.99 Å². The Hall–Kier alpha value is -3.09. The van der Waals surface area contributed by atoms with Crippen LogP contribution in [0.3, 0.4) is 0 Å². The standard InChI is InChI=1S/C21H27FN4O2/c1-26(2)20(27)15-25-21(23-12-11-16-5-4-6-18(22)13-16)24-14-17-7-9-19(28-3)10-8-17/h4-10,13H,11-12,14-15H2,1-3H3,(H2,23,24,25). The van der Waals surface area contributed by atoms with Crippen molar-refractivity contribution >= 4 is 11.9 Å². The molecule has 0 bridgehead atoms. The SMILES string of the molecule is COc1ccc(CN=C(NCCc2cccc(F)c2)NCC(=O)N(C)C)cc1. The van der Waals surface area contributed by atoms with Gasteiger partial charge in [-0.15, -0.1) is 0 Å². The van der Waals surface area contributed by atoms with E-state index in [9.17, 15) is 9.18 Å². The third-order valence-corrected chi connectivity index (χ3v) is 4.08. The molecule has 2 aromatic rings. The summed E-state index contributed by atoms with van der Waals surface area (Å²) in [5.41, 5.74) is 1.91. The molecule has 0 aliphatic heterocycles. The number of hydrogen-bond donors (Lipinski definition) is 2. The zero-order valence-electron chi connectivity index (χ0n) is 16.5. The van der Waals surface area contributed by atoms with Crippen LogP contribution in [0.4, 0.5) is 4.39 Å². The molecule has 2 aromatic carbocycles.